The molecule has 12 heavy (non-hydrogen) atoms. The van der Waals surface area contributed by atoms with E-state index in [-0.39, 0.29) is 6.61 Å². The van der Waals surface area contributed by atoms with Crippen LogP contribution in [0.1, 0.15) is 6.42 Å². The summed E-state index contributed by atoms with van der Waals surface area (Å²) in [6.45, 7) is 0.151. The summed E-state index contributed by atoms with van der Waals surface area (Å²) in [5.41, 5.74) is 4.73. The Labute approximate surface area is 70.4 Å². The normalized spacial score (nSPS) is 9.25. The Bertz CT molecular complexity index is 237. The molecular weight excluding hydrogens is 158 g/mol. The number of ether oxygens (including phenoxy) is 1. The molecule has 2 N–H and O–H groups in total. The van der Waals surface area contributed by atoms with E-state index >= 15 is 0 Å². The van der Waals surface area contributed by atoms with Gasteiger partial charge in [-0.25, -0.2) is 4.79 Å². The van der Waals surface area contributed by atoms with Gasteiger partial charge in [0.25, 0.3) is 0 Å². The number of esters is 1. The summed E-state index contributed by atoms with van der Waals surface area (Å²) in [4.78, 5) is 20.8. The predicted octanol–water partition coefficient (Wildman–Crippen LogP) is -0.406. The van der Waals surface area contributed by atoms with Crippen LogP contribution in [0.25, 0.3) is 0 Å². The van der Waals surface area contributed by atoms with Crippen molar-refractivity contribution >= 4 is 11.9 Å². The van der Waals surface area contributed by atoms with E-state index in [1.54, 1.807) is 0 Å². The quantitative estimate of drug-likeness (QED) is 0.268. The van der Waals surface area contributed by atoms with Gasteiger partial charge < -0.3 is 10.5 Å². The zero-order chi connectivity index (χ0) is 9.40. The Morgan fingerprint density at radius 3 is 2.67 bits per heavy atom. The lowest BCUT2D eigenvalue weighted by Crippen LogP contribution is -2.08. The molecule has 64 valence electrons. The van der Waals surface area contributed by atoms with Crippen LogP contribution in [-0.4, -0.2) is 18.5 Å². The summed E-state index contributed by atoms with van der Waals surface area (Å²) in [5.74, 6) is 0.983. The highest BCUT2D eigenvalue weighted by atomic mass is 16.5. The molecule has 0 aromatic rings. The zero-order valence-corrected chi connectivity index (χ0v) is 6.45. The Hall–Kier alpha value is -1.76. The number of hydrogen-bond acceptors (Lipinski definition) is 3. The maximum absolute atomic E-state index is 10.6. The molecular formula is C8H9NO3. The van der Waals surface area contributed by atoms with E-state index in [0.717, 1.165) is 12.2 Å². The van der Waals surface area contributed by atoms with E-state index < -0.39 is 11.9 Å². The number of primary amides is 1. The highest BCUT2D eigenvalue weighted by Gasteiger charge is 1.95. The molecule has 0 aliphatic rings. The van der Waals surface area contributed by atoms with Crippen LogP contribution in [0.5, 0.6) is 0 Å². The second-order valence-electron chi connectivity index (χ2n) is 1.86. The Kier molecular flexibility index (Phi) is 5.11. The molecule has 0 aromatic carbocycles. The standard InChI is InChI=1S/C8H9NO3/c1-2-3-6-12-8(11)5-4-7(9)10/h1,4-5H,3,6H2,(H2,9,10). The number of hydrogen-bond donors (Lipinski definition) is 1. The lowest BCUT2D eigenvalue weighted by atomic mass is 10.4. The first-order valence-electron chi connectivity index (χ1n) is 3.24. The van der Waals surface area contributed by atoms with Crippen LogP contribution in [0.4, 0.5) is 0 Å². The van der Waals surface area contributed by atoms with Crippen LogP contribution < -0.4 is 5.73 Å². The fraction of sp³-hybridized carbons (Fsp3) is 0.250. The molecule has 0 spiro atoms. The van der Waals surface area contributed by atoms with Crippen LogP contribution in [0.15, 0.2) is 12.2 Å². The number of amides is 1. The summed E-state index contributed by atoms with van der Waals surface area (Å²) < 4.78 is 4.56. The van der Waals surface area contributed by atoms with Crippen molar-refractivity contribution in [1.82, 2.24) is 0 Å². The maximum Gasteiger partial charge on any atom is 0.330 e. The highest BCUT2D eigenvalue weighted by molar-refractivity contribution is 5.93. The molecule has 0 aromatic heterocycles. The smallest absolute Gasteiger partial charge is 0.330 e. The minimum absolute atomic E-state index is 0.151. The first-order chi connectivity index (χ1) is 5.66. The van der Waals surface area contributed by atoms with Gasteiger partial charge in [0.1, 0.15) is 6.61 Å². The SMILES string of the molecule is C#CCCOC(=O)C=CC(N)=O. The number of nitrogens with two attached hydrogens (primary N) is 1. The summed E-state index contributed by atoms with van der Waals surface area (Å²) in [7, 11) is 0. The van der Waals surface area contributed by atoms with Crippen molar-refractivity contribution in [2.24, 2.45) is 5.73 Å². The molecule has 1 amide bonds. The average Bonchev–Trinajstić information content (AvgIpc) is 2.01. The largest absolute Gasteiger partial charge is 0.462 e. The molecule has 0 bridgehead atoms. The summed E-state index contributed by atoms with van der Waals surface area (Å²) in [6.07, 6.45) is 7.15. The van der Waals surface area contributed by atoms with Gasteiger partial charge in [-0.05, 0) is 0 Å². The van der Waals surface area contributed by atoms with E-state index in [1.165, 1.54) is 0 Å². The molecule has 0 saturated heterocycles. The number of terminal acetylenes is 1. The van der Waals surface area contributed by atoms with E-state index in [0.29, 0.717) is 6.42 Å². The van der Waals surface area contributed by atoms with Gasteiger partial charge in [0.2, 0.25) is 5.91 Å². The molecule has 0 fully saturated rings. The third-order valence-corrected chi connectivity index (χ3v) is 0.874. The van der Waals surface area contributed by atoms with Crippen molar-refractivity contribution < 1.29 is 14.3 Å². The lowest BCUT2D eigenvalue weighted by Gasteiger charge is -1.95. The van der Waals surface area contributed by atoms with Crippen LogP contribution in [0.2, 0.25) is 0 Å². The second-order valence-corrected chi connectivity index (χ2v) is 1.86. The van der Waals surface area contributed by atoms with Gasteiger partial charge in [0.15, 0.2) is 0 Å². The molecule has 0 radical (unpaired) electrons. The predicted molar refractivity (Wildman–Crippen MR) is 42.7 cm³/mol. The van der Waals surface area contributed by atoms with Crippen molar-refractivity contribution in [3.05, 3.63) is 12.2 Å². The fourth-order valence-electron chi connectivity index (χ4n) is 0.409. The number of carbonyl (C=O) groups is 2. The Balaban J connectivity index is 3.61. The molecule has 0 heterocycles. The van der Waals surface area contributed by atoms with Crippen LogP contribution in [-0.2, 0) is 14.3 Å². The topological polar surface area (TPSA) is 69.4 Å². The summed E-state index contributed by atoms with van der Waals surface area (Å²) in [6, 6.07) is 0. The van der Waals surface area contributed by atoms with Gasteiger partial charge in [0.05, 0.1) is 0 Å². The average molecular weight is 167 g/mol. The highest BCUT2D eigenvalue weighted by Crippen LogP contribution is 1.84. The molecule has 4 heteroatoms. The van der Waals surface area contributed by atoms with Gasteiger partial charge in [-0.2, -0.15) is 0 Å². The van der Waals surface area contributed by atoms with E-state index in [9.17, 15) is 9.59 Å². The van der Waals surface area contributed by atoms with Gasteiger partial charge in [-0.3, -0.25) is 4.79 Å². The first-order valence-corrected chi connectivity index (χ1v) is 3.24. The van der Waals surface area contributed by atoms with Crippen LogP contribution >= 0.6 is 0 Å². The monoisotopic (exact) mass is 167 g/mol. The minimum atomic E-state index is -0.691. The lowest BCUT2D eigenvalue weighted by molar-refractivity contribution is -0.137. The maximum atomic E-state index is 10.6. The Morgan fingerprint density at radius 2 is 2.17 bits per heavy atom. The van der Waals surface area contributed by atoms with Crippen molar-refractivity contribution in [2.75, 3.05) is 6.61 Å². The van der Waals surface area contributed by atoms with Gasteiger partial charge in [-0.1, -0.05) is 0 Å². The van der Waals surface area contributed by atoms with Crippen molar-refractivity contribution in [3.63, 3.8) is 0 Å². The molecule has 4 nitrogen and oxygen atoms in total. The fourth-order valence-corrected chi connectivity index (χ4v) is 0.409. The second kappa shape index (κ2) is 5.98. The first kappa shape index (κ1) is 10.2. The van der Waals surface area contributed by atoms with Crippen molar-refractivity contribution in [2.45, 2.75) is 6.42 Å². The van der Waals surface area contributed by atoms with E-state index in [1.807, 2.05) is 0 Å². The van der Waals surface area contributed by atoms with Gasteiger partial charge in [-0.15, -0.1) is 12.3 Å². The molecule has 0 rings (SSSR count). The third-order valence-electron chi connectivity index (χ3n) is 0.874. The van der Waals surface area contributed by atoms with Gasteiger partial charge >= 0.3 is 5.97 Å². The molecule has 0 aliphatic heterocycles. The van der Waals surface area contributed by atoms with Crippen LogP contribution in [0.3, 0.4) is 0 Å². The van der Waals surface area contributed by atoms with Gasteiger partial charge in [0, 0.05) is 18.6 Å². The minimum Gasteiger partial charge on any atom is -0.462 e. The molecule has 0 atom stereocenters. The van der Waals surface area contributed by atoms with Crippen molar-refractivity contribution in [3.8, 4) is 12.3 Å². The van der Waals surface area contributed by atoms with E-state index in [2.05, 4.69) is 10.7 Å². The number of rotatable bonds is 4. The van der Waals surface area contributed by atoms with Crippen LogP contribution in [0, 0.1) is 12.3 Å². The van der Waals surface area contributed by atoms with E-state index in [4.69, 9.17) is 12.2 Å². The molecule has 0 aliphatic carbocycles. The Morgan fingerprint density at radius 1 is 1.50 bits per heavy atom. The number of carbonyl (C=O) groups excluding carboxylic acids is 2. The summed E-state index contributed by atoms with van der Waals surface area (Å²) >= 11 is 0. The molecule has 0 unspecified atom stereocenters. The zero-order valence-electron chi connectivity index (χ0n) is 6.45. The summed E-state index contributed by atoms with van der Waals surface area (Å²) in [5, 5.41) is 0. The third kappa shape index (κ3) is 6.36. The van der Waals surface area contributed by atoms with Crippen molar-refractivity contribution in [1.29, 1.82) is 0 Å². The molecule has 0 saturated carbocycles.